The molecule has 7 nitrogen and oxygen atoms in total. The Morgan fingerprint density at radius 3 is 2.75 bits per heavy atom. The fraction of sp³-hybridized carbons (Fsp3) is 0.174. The number of hydrogen-bond acceptors (Lipinski definition) is 8. The normalized spacial score (nSPS) is 10.7. The molecule has 0 fully saturated rings. The summed E-state index contributed by atoms with van der Waals surface area (Å²) in [6.07, 6.45) is 3.54. The zero-order chi connectivity index (χ0) is 22.5. The first-order valence-corrected chi connectivity index (χ1v) is 11.6. The maximum atomic E-state index is 12.4. The molecule has 3 heterocycles. The van der Waals surface area contributed by atoms with Crippen molar-refractivity contribution in [2.45, 2.75) is 18.9 Å². The van der Waals surface area contributed by atoms with Crippen LogP contribution in [0.15, 0.2) is 59.9 Å². The van der Waals surface area contributed by atoms with Crippen molar-refractivity contribution in [1.82, 2.24) is 20.2 Å². The molecule has 4 rings (SSSR count). The van der Waals surface area contributed by atoms with Gasteiger partial charge in [0.05, 0.1) is 29.1 Å². The van der Waals surface area contributed by atoms with Crippen LogP contribution in [0.2, 0.25) is 0 Å². The van der Waals surface area contributed by atoms with Gasteiger partial charge in [-0.2, -0.15) is 0 Å². The largest absolute Gasteiger partial charge is 0.495 e. The van der Waals surface area contributed by atoms with Gasteiger partial charge in [-0.3, -0.25) is 9.78 Å². The fourth-order valence-electron chi connectivity index (χ4n) is 3.01. The summed E-state index contributed by atoms with van der Waals surface area (Å²) in [6, 6.07) is 13.3. The van der Waals surface area contributed by atoms with Crippen molar-refractivity contribution in [3.63, 3.8) is 0 Å². The number of carbonyl (C=O) groups excluding carboxylic acids is 1. The van der Waals surface area contributed by atoms with Gasteiger partial charge in [-0.05, 0) is 55.8 Å². The molecule has 32 heavy (non-hydrogen) atoms. The Bertz CT molecular complexity index is 1230. The highest BCUT2D eigenvalue weighted by molar-refractivity contribution is 7.99. The van der Waals surface area contributed by atoms with Crippen LogP contribution in [-0.2, 0) is 4.79 Å². The maximum Gasteiger partial charge on any atom is 0.234 e. The second-order valence-electron chi connectivity index (χ2n) is 6.97. The van der Waals surface area contributed by atoms with Crippen LogP contribution in [0.4, 0.5) is 5.69 Å². The topological polar surface area (TPSA) is 89.9 Å². The molecule has 0 radical (unpaired) electrons. The lowest BCUT2D eigenvalue weighted by Gasteiger charge is -2.10. The molecular weight excluding hydrogens is 442 g/mol. The van der Waals surface area contributed by atoms with Crippen molar-refractivity contribution in [2.24, 2.45) is 0 Å². The third-order valence-electron chi connectivity index (χ3n) is 4.56. The summed E-state index contributed by atoms with van der Waals surface area (Å²) in [5.74, 6) is 0.712. The maximum absolute atomic E-state index is 12.4. The van der Waals surface area contributed by atoms with Gasteiger partial charge in [0, 0.05) is 18.0 Å². The van der Waals surface area contributed by atoms with Gasteiger partial charge in [-0.15, -0.1) is 21.5 Å². The standard InChI is InChI=1S/C23H21N5O2S2/c1-14-6-8-19(30-3)18(11-14)26-20(29)13-31-21-9-7-17(27-28-21)22-15(2)25-23(32-22)16-5-4-10-24-12-16/h4-12H,13H2,1-3H3,(H,26,29). The number of hydrogen-bond donors (Lipinski definition) is 1. The molecule has 0 saturated heterocycles. The van der Waals surface area contributed by atoms with Crippen LogP contribution in [0.3, 0.4) is 0 Å². The van der Waals surface area contributed by atoms with Gasteiger partial charge in [0.25, 0.3) is 0 Å². The van der Waals surface area contributed by atoms with E-state index in [2.05, 4.69) is 25.5 Å². The highest BCUT2D eigenvalue weighted by Crippen LogP contribution is 2.34. The van der Waals surface area contributed by atoms with Crippen LogP contribution in [-0.4, -0.2) is 38.9 Å². The summed E-state index contributed by atoms with van der Waals surface area (Å²) in [5.41, 5.74) is 4.33. The third-order valence-corrected chi connectivity index (χ3v) is 6.71. The molecule has 0 saturated carbocycles. The van der Waals surface area contributed by atoms with Crippen LogP contribution < -0.4 is 10.1 Å². The molecule has 0 spiro atoms. The van der Waals surface area contributed by atoms with E-state index in [1.807, 2.05) is 56.3 Å². The van der Waals surface area contributed by atoms with Gasteiger partial charge in [0.1, 0.15) is 21.5 Å². The monoisotopic (exact) mass is 463 g/mol. The average molecular weight is 464 g/mol. The fourth-order valence-corrected chi connectivity index (χ4v) is 4.65. The Labute approximate surface area is 194 Å². The molecule has 3 aromatic heterocycles. The van der Waals surface area contributed by atoms with E-state index in [4.69, 9.17) is 4.74 Å². The first kappa shape index (κ1) is 21.9. The van der Waals surface area contributed by atoms with E-state index >= 15 is 0 Å². The molecule has 0 atom stereocenters. The van der Waals surface area contributed by atoms with E-state index in [-0.39, 0.29) is 11.7 Å². The lowest BCUT2D eigenvalue weighted by atomic mass is 10.2. The van der Waals surface area contributed by atoms with Crippen molar-refractivity contribution in [3.8, 4) is 26.9 Å². The van der Waals surface area contributed by atoms with E-state index in [9.17, 15) is 4.79 Å². The van der Waals surface area contributed by atoms with Crippen LogP contribution in [0.5, 0.6) is 5.75 Å². The summed E-state index contributed by atoms with van der Waals surface area (Å²) in [6.45, 7) is 3.92. The number of thioether (sulfide) groups is 1. The predicted molar refractivity (Wildman–Crippen MR) is 128 cm³/mol. The minimum absolute atomic E-state index is 0.135. The number of rotatable bonds is 7. The molecule has 9 heteroatoms. The smallest absolute Gasteiger partial charge is 0.234 e. The summed E-state index contributed by atoms with van der Waals surface area (Å²) in [4.78, 5) is 22.2. The Kier molecular flexibility index (Phi) is 6.77. The minimum Gasteiger partial charge on any atom is -0.495 e. The summed E-state index contributed by atoms with van der Waals surface area (Å²) >= 11 is 2.89. The molecule has 0 aliphatic rings. The number of nitrogens with zero attached hydrogens (tertiary/aromatic N) is 4. The second kappa shape index (κ2) is 9.88. The lowest BCUT2D eigenvalue weighted by molar-refractivity contribution is -0.113. The molecule has 4 aromatic rings. The van der Waals surface area contributed by atoms with Gasteiger partial charge in [-0.1, -0.05) is 17.8 Å². The molecule has 162 valence electrons. The second-order valence-corrected chi connectivity index (χ2v) is 8.97. The third kappa shape index (κ3) is 5.12. The molecule has 1 aromatic carbocycles. The Morgan fingerprint density at radius 2 is 2.03 bits per heavy atom. The molecule has 0 aliphatic carbocycles. The van der Waals surface area contributed by atoms with E-state index in [1.54, 1.807) is 30.8 Å². The Hall–Kier alpha value is -3.30. The first-order valence-electron chi connectivity index (χ1n) is 9.82. The number of aryl methyl sites for hydroxylation is 2. The van der Waals surface area contributed by atoms with Gasteiger partial charge in [0.2, 0.25) is 5.91 Å². The van der Waals surface area contributed by atoms with Crippen molar-refractivity contribution >= 4 is 34.7 Å². The number of thiazole rings is 1. The average Bonchev–Trinajstić information content (AvgIpc) is 3.20. The molecule has 0 unspecified atom stereocenters. The van der Waals surface area contributed by atoms with Crippen molar-refractivity contribution in [3.05, 3.63) is 66.1 Å². The van der Waals surface area contributed by atoms with Crippen LogP contribution in [0.1, 0.15) is 11.3 Å². The first-order chi connectivity index (χ1) is 15.5. The SMILES string of the molecule is COc1ccc(C)cc1NC(=O)CSc1ccc(-c2sc(-c3cccnc3)nc2C)nn1. The number of anilines is 1. The van der Waals surface area contributed by atoms with Crippen LogP contribution in [0.25, 0.3) is 21.1 Å². The zero-order valence-electron chi connectivity index (χ0n) is 17.8. The van der Waals surface area contributed by atoms with Crippen molar-refractivity contribution in [1.29, 1.82) is 0 Å². The highest BCUT2D eigenvalue weighted by Gasteiger charge is 2.14. The number of benzene rings is 1. The molecular formula is C23H21N5O2S2. The van der Waals surface area contributed by atoms with E-state index in [1.165, 1.54) is 11.8 Å². The van der Waals surface area contributed by atoms with E-state index in [0.717, 1.165) is 32.4 Å². The quantitative estimate of drug-likeness (QED) is 0.385. The number of aromatic nitrogens is 4. The predicted octanol–water partition coefficient (Wildman–Crippen LogP) is 5.02. The van der Waals surface area contributed by atoms with Crippen molar-refractivity contribution in [2.75, 3.05) is 18.2 Å². The molecule has 1 N–H and O–H groups in total. The molecule has 0 bridgehead atoms. The number of methoxy groups -OCH3 is 1. The number of nitrogens with one attached hydrogen (secondary N) is 1. The molecule has 0 aliphatic heterocycles. The van der Waals surface area contributed by atoms with E-state index in [0.29, 0.717) is 16.5 Å². The minimum atomic E-state index is -0.135. The van der Waals surface area contributed by atoms with Crippen LogP contribution in [0, 0.1) is 13.8 Å². The van der Waals surface area contributed by atoms with Gasteiger partial charge < -0.3 is 10.1 Å². The molecule has 1 amide bonds. The lowest BCUT2D eigenvalue weighted by Crippen LogP contribution is -2.15. The van der Waals surface area contributed by atoms with E-state index < -0.39 is 0 Å². The number of amides is 1. The number of ether oxygens (including phenoxy) is 1. The Balaban J connectivity index is 1.40. The van der Waals surface area contributed by atoms with Crippen LogP contribution >= 0.6 is 23.1 Å². The van der Waals surface area contributed by atoms with Gasteiger partial charge in [-0.25, -0.2) is 4.98 Å². The van der Waals surface area contributed by atoms with Gasteiger partial charge in [0.15, 0.2) is 0 Å². The van der Waals surface area contributed by atoms with Gasteiger partial charge >= 0.3 is 0 Å². The number of carbonyl (C=O) groups is 1. The highest BCUT2D eigenvalue weighted by atomic mass is 32.2. The summed E-state index contributed by atoms with van der Waals surface area (Å²) < 4.78 is 5.31. The number of pyridine rings is 1. The summed E-state index contributed by atoms with van der Waals surface area (Å²) in [5, 5.41) is 13.1. The Morgan fingerprint density at radius 1 is 1.16 bits per heavy atom. The van der Waals surface area contributed by atoms with Crippen molar-refractivity contribution < 1.29 is 9.53 Å². The zero-order valence-corrected chi connectivity index (χ0v) is 19.5. The summed E-state index contributed by atoms with van der Waals surface area (Å²) in [7, 11) is 1.58.